The van der Waals surface area contributed by atoms with Crippen molar-refractivity contribution in [3.05, 3.63) is 64.7 Å². The second kappa shape index (κ2) is 8.80. The molecule has 0 fully saturated rings. The van der Waals surface area contributed by atoms with Crippen LogP contribution in [0.2, 0.25) is 5.02 Å². The van der Waals surface area contributed by atoms with Crippen LogP contribution in [0.25, 0.3) is 0 Å². The highest BCUT2D eigenvalue weighted by Gasteiger charge is 2.31. The first-order valence-electron chi connectivity index (χ1n) is 7.67. The molecule has 1 heterocycles. The van der Waals surface area contributed by atoms with Crippen molar-refractivity contribution in [1.29, 1.82) is 0 Å². The van der Waals surface area contributed by atoms with Crippen LogP contribution in [0.4, 0.5) is 18.3 Å². The Hall–Kier alpha value is -2.30. The van der Waals surface area contributed by atoms with Crippen molar-refractivity contribution < 1.29 is 22.7 Å². The van der Waals surface area contributed by atoms with E-state index in [9.17, 15) is 18.0 Å². The largest absolute Gasteiger partial charge is 0.573 e. The molecule has 3 aromatic rings. The Morgan fingerprint density at radius 1 is 1.18 bits per heavy atom. The Morgan fingerprint density at radius 2 is 1.96 bits per heavy atom. The van der Waals surface area contributed by atoms with Gasteiger partial charge in [-0.15, -0.1) is 23.4 Å². The molecule has 5 nitrogen and oxygen atoms in total. The second-order valence-electron chi connectivity index (χ2n) is 5.29. The number of benzene rings is 2. The summed E-state index contributed by atoms with van der Waals surface area (Å²) in [5, 5.41) is 11.1. The van der Waals surface area contributed by atoms with E-state index >= 15 is 0 Å². The number of ether oxygens (including phenoxy) is 1. The van der Waals surface area contributed by atoms with Crippen LogP contribution in [0, 0.1) is 0 Å². The molecule has 0 bridgehead atoms. The highest BCUT2D eigenvalue weighted by atomic mass is 35.5. The molecule has 0 radical (unpaired) electrons. The summed E-state index contributed by atoms with van der Waals surface area (Å²) in [5.41, 5.74) is 0.943. The van der Waals surface area contributed by atoms with Crippen LogP contribution in [0.3, 0.4) is 0 Å². The Bertz CT molecular complexity index is 982. The first-order chi connectivity index (χ1) is 13.3. The van der Waals surface area contributed by atoms with Crippen LogP contribution < -0.4 is 10.1 Å². The molecule has 1 amide bonds. The van der Waals surface area contributed by atoms with Gasteiger partial charge in [0.15, 0.2) is 4.34 Å². The molecular formula is C17H11ClF3N3O2S2. The van der Waals surface area contributed by atoms with E-state index < -0.39 is 12.3 Å². The third kappa shape index (κ3) is 5.85. The second-order valence-corrected chi connectivity index (χ2v) is 7.90. The van der Waals surface area contributed by atoms with Crippen molar-refractivity contribution in [3.8, 4) is 5.75 Å². The zero-order valence-corrected chi connectivity index (χ0v) is 16.3. The van der Waals surface area contributed by atoms with Gasteiger partial charge in [-0.05, 0) is 29.8 Å². The summed E-state index contributed by atoms with van der Waals surface area (Å²) in [6.45, 7) is 0. The highest BCUT2D eigenvalue weighted by Crippen LogP contribution is 2.30. The molecule has 1 N–H and O–H groups in total. The number of nitrogens with one attached hydrogen (secondary N) is 1. The summed E-state index contributed by atoms with van der Waals surface area (Å²) >= 11 is 8.41. The SMILES string of the molecule is O=C(Nc1nnc(SCc2cccc(OC(F)(F)F)c2)s1)c1ccccc1Cl. The number of aromatic nitrogens is 2. The Kier molecular flexibility index (Phi) is 6.42. The normalized spacial score (nSPS) is 11.3. The minimum atomic E-state index is -4.74. The van der Waals surface area contributed by atoms with Crippen LogP contribution in [0.15, 0.2) is 52.9 Å². The third-order valence-electron chi connectivity index (χ3n) is 3.24. The van der Waals surface area contributed by atoms with Crippen molar-refractivity contribution in [2.45, 2.75) is 16.5 Å². The Balaban J connectivity index is 1.59. The van der Waals surface area contributed by atoms with E-state index in [0.29, 0.717) is 31.4 Å². The minimum Gasteiger partial charge on any atom is -0.406 e. The van der Waals surface area contributed by atoms with Crippen LogP contribution in [-0.4, -0.2) is 22.5 Å². The number of thioether (sulfide) groups is 1. The highest BCUT2D eigenvalue weighted by molar-refractivity contribution is 8.00. The van der Waals surface area contributed by atoms with Gasteiger partial charge in [-0.2, -0.15) is 0 Å². The van der Waals surface area contributed by atoms with Crippen molar-refractivity contribution in [2.75, 3.05) is 5.32 Å². The minimum absolute atomic E-state index is 0.282. The summed E-state index contributed by atoms with van der Waals surface area (Å²) in [4.78, 5) is 12.2. The van der Waals surface area contributed by atoms with Gasteiger partial charge in [0.25, 0.3) is 5.91 Å². The standard InChI is InChI=1S/C17H11ClF3N3O2S2/c18-13-7-2-1-6-12(13)14(25)22-15-23-24-16(28-15)27-9-10-4-3-5-11(8-10)26-17(19,20)21/h1-8H,9H2,(H,22,23,25). The van der Waals surface area contributed by atoms with Crippen molar-refractivity contribution >= 4 is 45.7 Å². The number of rotatable bonds is 6. The number of nitrogens with zero attached hydrogens (tertiary/aromatic N) is 2. The van der Waals surface area contributed by atoms with E-state index in [1.165, 1.54) is 30.0 Å². The van der Waals surface area contributed by atoms with E-state index in [2.05, 4.69) is 20.3 Å². The molecule has 11 heteroatoms. The van der Waals surface area contributed by atoms with E-state index in [1.54, 1.807) is 30.3 Å². The number of hydrogen-bond donors (Lipinski definition) is 1. The van der Waals surface area contributed by atoms with Crippen molar-refractivity contribution in [3.63, 3.8) is 0 Å². The van der Waals surface area contributed by atoms with Gasteiger partial charge in [0.2, 0.25) is 5.13 Å². The van der Waals surface area contributed by atoms with Gasteiger partial charge in [0, 0.05) is 5.75 Å². The van der Waals surface area contributed by atoms with E-state index in [1.807, 2.05) is 0 Å². The summed E-state index contributed by atoms with van der Waals surface area (Å²) in [6, 6.07) is 12.3. The number of anilines is 1. The molecule has 28 heavy (non-hydrogen) atoms. The molecule has 0 aliphatic heterocycles. The van der Waals surface area contributed by atoms with Gasteiger partial charge in [0.1, 0.15) is 5.75 Å². The lowest BCUT2D eigenvalue weighted by atomic mass is 10.2. The molecule has 0 aliphatic carbocycles. The lowest BCUT2D eigenvalue weighted by Gasteiger charge is -2.09. The van der Waals surface area contributed by atoms with Gasteiger partial charge in [-0.25, -0.2) is 0 Å². The zero-order valence-electron chi connectivity index (χ0n) is 13.9. The Labute approximate surface area is 170 Å². The predicted octanol–water partition coefficient (Wildman–Crippen LogP) is 5.63. The molecule has 0 saturated carbocycles. The maximum Gasteiger partial charge on any atom is 0.573 e. The molecule has 0 aliphatic rings. The number of carbonyl (C=O) groups is 1. The summed E-state index contributed by atoms with van der Waals surface area (Å²) < 4.78 is 41.3. The predicted molar refractivity (Wildman–Crippen MR) is 102 cm³/mol. The number of amides is 1. The fourth-order valence-corrected chi connectivity index (χ4v) is 4.02. The summed E-state index contributed by atoms with van der Waals surface area (Å²) in [7, 11) is 0. The molecule has 0 unspecified atom stereocenters. The van der Waals surface area contributed by atoms with Crippen LogP contribution in [0.1, 0.15) is 15.9 Å². The topological polar surface area (TPSA) is 64.1 Å². The van der Waals surface area contributed by atoms with Gasteiger partial charge >= 0.3 is 6.36 Å². The van der Waals surface area contributed by atoms with Gasteiger partial charge < -0.3 is 4.74 Å². The van der Waals surface area contributed by atoms with Crippen LogP contribution in [-0.2, 0) is 5.75 Å². The van der Waals surface area contributed by atoms with Gasteiger partial charge in [0.05, 0.1) is 10.6 Å². The van der Waals surface area contributed by atoms with Gasteiger partial charge in [-0.1, -0.05) is 59.0 Å². The number of halogens is 4. The fraction of sp³-hybridized carbons (Fsp3) is 0.118. The monoisotopic (exact) mass is 445 g/mol. The molecule has 0 spiro atoms. The van der Waals surface area contributed by atoms with E-state index in [-0.39, 0.29) is 5.75 Å². The van der Waals surface area contributed by atoms with E-state index in [4.69, 9.17) is 11.6 Å². The molecule has 1 aromatic heterocycles. The molecule has 0 atom stereocenters. The lowest BCUT2D eigenvalue weighted by Crippen LogP contribution is -2.17. The molecule has 146 valence electrons. The van der Waals surface area contributed by atoms with Crippen molar-refractivity contribution in [2.24, 2.45) is 0 Å². The fourth-order valence-electron chi connectivity index (χ4n) is 2.11. The first-order valence-corrected chi connectivity index (χ1v) is 9.85. The van der Waals surface area contributed by atoms with E-state index in [0.717, 1.165) is 11.3 Å². The molecular weight excluding hydrogens is 435 g/mol. The summed E-state index contributed by atoms with van der Waals surface area (Å²) in [5.74, 6) is -0.326. The average Bonchev–Trinajstić information content (AvgIpc) is 3.06. The van der Waals surface area contributed by atoms with Crippen LogP contribution in [0.5, 0.6) is 5.75 Å². The Morgan fingerprint density at radius 3 is 2.71 bits per heavy atom. The molecule has 3 rings (SSSR count). The summed E-state index contributed by atoms with van der Waals surface area (Å²) in [6.07, 6.45) is -4.74. The molecule has 2 aromatic carbocycles. The maximum atomic E-state index is 12.3. The zero-order chi connectivity index (χ0) is 20.1. The average molecular weight is 446 g/mol. The van der Waals surface area contributed by atoms with Crippen molar-refractivity contribution in [1.82, 2.24) is 10.2 Å². The first kappa shape index (κ1) is 20.4. The number of alkyl halides is 3. The quantitative estimate of drug-likeness (QED) is 0.393. The smallest absolute Gasteiger partial charge is 0.406 e. The maximum absolute atomic E-state index is 12.3. The van der Waals surface area contributed by atoms with Gasteiger partial charge in [-0.3, -0.25) is 10.1 Å². The number of carbonyl (C=O) groups excluding carboxylic acids is 1. The third-order valence-corrected chi connectivity index (χ3v) is 5.61. The van der Waals surface area contributed by atoms with Crippen LogP contribution >= 0.6 is 34.7 Å². The lowest BCUT2D eigenvalue weighted by molar-refractivity contribution is -0.274. The number of hydrogen-bond acceptors (Lipinski definition) is 6. The molecule has 0 saturated heterocycles.